The molecule has 1 amide bonds. The molecule has 0 bridgehead atoms. The zero-order valence-corrected chi connectivity index (χ0v) is 23.1. The Balaban J connectivity index is 1.64. The molecule has 0 saturated heterocycles. The number of ether oxygens (including phenoxy) is 2. The summed E-state index contributed by atoms with van der Waals surface area (Å²) in [5, 5.41) is 14.7. The van der Waals surface area contributed by atoms with Gasteiger partial charge in [-0.25, -0.2) is 0 Å². The van der Waals surface area contributed by atoms with Gasteiger partial charge in [0.05, 0.1) is 24.8 Å². The lowest BCUT2D eigenvalue weighted by atomic mass is 9.92. The second-order valence-corrected chi connectivity index (χ2v) is 10.2. The summed E-state index contributed by atoms with van der Waals surface area (Å²) in [6.07, 6.45) is 1.32. The molecule has 0 aromatic heterocycles. The van der Waals surface area contributed by atoms with Crippen molar-refractivity contribution in [3.05, 3.63) is 113 Å². The minimum atomic E-state index is -0.329. The fourth-order valence-electron chi connectivity index (χ4n) is 4.83. The van der Waals surface area contributed by atoms with Crippen LogP contribution in [0.5, 0.6) is 5.75 Å². The van der Waals surface area contributed by atoms with Crippen molar-refractivity contribution in [2.45, 2.75) is 45.8 Å². The summed E-state index contributed by atoms with van der Waals surface area (Å²) in [6, 6.07) is 28.8. The molecule has 0 radical (unpaired) electrons. The molecule has 0 heterocycles. The zero-order valence-electron chi connectivity index (χ0n) is 23.1. The number of benzene rings is 4. The first-order chi connectivity index (χ1) is 19.4. The number of amides is 1. The maximum atomic E-state index is 13.9. The highest BCUT2D eigenvalue weighted by molar-refractivity contribution is 5.97. The Bertz CT molecular complexity index is 1530. The third-order valence-electron chi connectivity index (χ3n) is 6.82. The first-order valence-corrected chi connectivity index (χ1v) is 13.5. The van der Waals surface area contributed by atoms with Gasteiger partial charge >= 0.3 is 5.97 Å². The zero-order chi connectivity index (χ0) is 28.5. The molecule has 1 N–H and O–H groups in total. The summed E-state index contributed by atoms with van der Waals surface area (Å²) in [7, 11) is 1.36. The van der Waals surface area contributed by atoms with Gasteiger partial charge in [-0.3, -0.25) is 9.59 Å². The number of hydrogen-bond donors (Lipinski definition) is 1. The number of nitrogens with one attached hydrogen (secondary N) is 1. The molecule has 1 unspecified atom stereocenters. The predicted octanol–water partition coefficient (Wildman–Crippen LogP) is 6.91. The fraction of sp³-hybridized carbons (Fsp3) is 0.265. The standard InChI is InChI=1S/C34H34N2O4/c1-23(2)18-32(30-13-7-10-26-9-4-5-12-29(26)30)36-34(38)31-20-25(14-15-27(31)16-17-33(37)39-3)22-40-28-11-6-8-24(19-28)21-35/h4-15,19-20,23,32H,16-18,22H2,1-3H3,(H,36,38). The van der Waals surface area contributed by atoms with Crippen LogP contribution < -0.4 is 10.1 Å². The molecular formula is C34H34N2O4. The van der Waals surface area contributed by atoms with Crippen molar-refractivity contribution >= 4 is 22.6 Å². The summed E-state index contributed by atoms with van der Waals surface area (Å²) in [5.41, 5.74) is 3.66. The number of nitriles is 1. The van der Waals surface area contributed by atoms with Gasteiger partial charge in [0.15, 0.2) is 0 Å². The molecule has 0 fully saturated rings. The molecule has 1 atom stereocenters. The van der Waals surface area contributed by atoms with Crippen LogP contribution in [0, 0.1) is 17.2 Å². The normalized spacial score (nSPS) is 11.6. The van der Waals surface area contributed by atoms with Gasteiger partial charge < -0.3 is 14.8 Å². The minimum absolute atomic E-state index is 0.173. The number of aryl methyl sites for hydroxylation is 1. The summed E-state index contributed by atoms with van der Waals surface area (Å²) >= 11 is 0. The lowest BCUT2D eigenvalue weighted by Crippen LogP contribution is -2.30. The SMILES string of the molecule is COC(=O)CCc1ccc(COc2cccc(C#N)c2)cc1C(=O)NC(CC(C)C)c1cccc2ccccc12. The summed E-state index contributed by atoms with van der Waals surface area (Å²) in [5.74, 6) is 0.399. The monoisotopic (exact) mass is 534 g/mol. The van der Waals surface area contributed by atoms with E-state index in [1.807, 2.05) is 36.4 Å². The Morgan fingerprint density at radius 3 is 2.50 bits per heavy atom. The van der Waals surface area contributed by atoms with Gasteiger partial charge in [0.2, 0.25) is 0 Å². The second kappa shape index (κ2) is 13.4. The van der Waals surface area contributed by atoms with Gasteiger partial charge in [0.25, 0.3) is 5.91 Å². The third-order valence-corrected chi connectivity index (χ3v) is 6.82. The van der Waals surface area contributed by atoms with Gasteiger partial charge in [-0.2, -0.15) is 5.26 Å². The quantitative estimate of drug-likeness (QED) is 0.211. The number of fused-ring (bicyclic) bond motifs is 1. The van der Waals surface area contributed by atoms with E-state index in [4.69, 9.17) is 14.7 Å². The molecule has 0 aliphatic rings. The van der Waals surface area contributed by atoms with Crippen molar-refractivity contribution in [1.82, 2.24) is 5.32 Å². The Morgan fingerprint density at radius 2 is 1.73 bits per heavy atom. The van der Waals surface area contributed by atoms with Crippen LogP contribution in [0.2, 0.25) is 0 Å². The van der Waals surface area contributed by atoms with Crippen molar-refractivity contribution in [2.24, 2.45) is 5.92 Å². The molecule has 0 aliphatic heterocycles. The first-order valence-electron chi connectivity index (χ1n) is 13.5. The molecule has 204 valence electrons. The van der Waals surface area contributed by atoms with E-state index in [0.717, 1.165) is 33.9 Å². The van der Waals surface area contributed by atoms with E-state index in [2.05, 4.69) is 49.5 Å². The Labute approximate surface area is 235 Å². The predicted molar refractivity (Wildman–Crippen MR) is 156 cm³/mol. The molecule has 0 saturated carbocycles. The second-order valence-electron chi connectivity index (χ2n) is 10.2. The van der Waals surface area contributed by atoms with Gasteiger partial charge in [-0.1, -0.05) is 74.5 Å². The molecular weight excluding hydrogens is 500 g/mol. The van der Waals surface area contributed by atoms with Crippen LogP contribution >= 0.6 is 0 Å². The van der Waals surface area contributed by atoms with Crippen molar-refractivity contribution in [2.75, 3.05) is 7.11 Å². The average molecular weight is 535 g/mol. The van der Waals surface area contributed by atoms with E-state index >= 15 is 0 Å². The largest absolute Gasteiger partial charge is 0.489 e. The van der Waals surface area contributed by atoms with Crippen LogP contribution in [0.15, 0.2) is 84.9 Å². The van der Waals surface area contributed by atoms with E-state index in [-0.39, 0.29) is 30.9 Å². The van der Waals surface area contributed by atoms with Crippen LogP contribution in [0.4, 0.5) is 0 Å². The van der Waals surface area contributed by atoms with Crippen LogP contribution in [-0.4, -0.2) is 19.0 Å². The van der Waals surface area contributed by atoms with Gasteiger partial charge in [-0.05, 0) is 70.5 Å². The highest BCUT2D eigenvalue weighted by atomic mass is 16.5. The van der Waals surface area contributed by atoms with Crippen molar-refractivity contribution in [1.29, 1.82) is 5.26 Å². The highest BCUT2D eigenvalue weighted by Gasteiger charge is 2.21. The Morgan fingerprint density at radius 1 is 0.950 bits per heavy atom. The molecule has 0 spiro atoms. The maximum absolute atomic E-state index is 13.9. The molecule has 4 aromatic carbocycles. The van der Waals surface area contributed by atoms with Crippen LogP contribution in [0.3, 0.4) is 0 Å². The van der Waals surface area contributed by atoms with Gasteiger partial charge in [0.1, 0.15) is 12.4 Å². The van der Waals surface area contributed by atoms with E-state index in [0.29, 0.717) is 29.2 Å². The van der Waals surface area contributed by atoms with E-state index in [1.54, 1.807) is 24.3 Å². The molecule has 6 heteroatoms. The minimum Gasteiger partial charge on any atom is -0.489 e. The highest BCUT2D eigenvalue weighted by Crippen LogP contribution is 2.29. The summed E-state index contributed by atoms with van der Waals surface area (Å²) < 4.78 is 10.7. The number of nitrogens with zero attached hydrogens (tertiary/aromatic N) is 1. The average Bonchev–Trinajstić information content (AvgIpc) is 2.98. The Hall–Kier alpha value is -4.63. The molecule has 40 heavy (non-hydrogen) atoms. The number of methoxy groups -OCH3 is 1. The van der Waals surface area contributed by atoms with Gasteiger partial charge in [-0.15, -0.1) is 0 Å². The molecule has 6 nitrogen and oxygen atoms in total. The van der Waals surface area contributed by atoms with Crippen molar-refractivity contribution in [3.8, 4) is 11.8 Å². The topological polar surface area (TPSA) is 88.4 Å². The van der Waals surface area contributed by atoms with Crippen molar-refractivity contribution < 1.29 is 19.1 Å². The number of carbonyl (C=O) groups excluding carboxylic acids is 2. The van der Waals surface area contributed by atoms with E-state index in [9.17, 15) is 9.59 Å². The summed E-state index contributed by atoms with van der Waals surface area (Å²) in [6.45, 7) is 4.52. The van der Waals surface area contributed by atoms with Gasteiger partial charge in [0, 0.05) is 12.0 Å². The van der Waals surface area contributed by atoms with Crippen molar-refractivity contribution in [3.63, 3.8) is 0 Å². The molecule has 4 aromatic rings. The van der Waals surface area contributed by atoms with Crippen LogP contribution in [0.1, 0.15) is 65.3 Å². The lowest BCUT2D eigenvalue weighted by molar-refractivity contribution is -0.140. The Kier molecular flexibility index (Phi) is 9.53. The molecule has 4 rings (SSSR count). The summed E-state index contributed by atoms with van der Waals surface area (Å²) in [4.78, 5) is 25.8. The number of hydrogen-bond acceptors (Lipinski definition) is 5. The third kappa shape index (κ3) is 7.27. The number of rotatable bonds is 11. The number of carbonyl (C=O) groups is 2. The molecule has 0 aliphatic carbocycles. The number of esters is 1. The fourth-order valence-corrected chi connectivity index (χ4v) is 4.83. The first kappa shape index (κ1) is 28.4. The smallest absolute Gasteiger partial charge is 0.305 e. The maximum Gasteiger partial charge on any atom is 0.305 e. The van der Waals surface area contributed by atoms with Crippen LogP contribution in [0.25, 0.3) is 10.8 Å². The van der Waals surface area contributed by atoms with E-state index < -0.39 is 0 Å². The van der Waals surface area contributed by atoms with Crippen LogP contribution in [-0.2, 0) is 22.6 Å². The lowest BCUT2D eigenvalue weighted by Gasteiger charge is -2.24. The van der Waals surface area contributed by atoms with E-state index in [1.165, 1.54) is 7.11 Å².